The van der Waals surface area contributed by atoms with Gasteiger partial charge >= 0.3 is 5.97 Å². The Morgan fingerprint density at radius 3 is 1.67 bits per heavy atom. The minimum Gasteiger partial charge on any atom is -0.477 e. The van der Waals surface area contributed by atoms with Gasteiger partial charge in [-0.2, -0.15) is 5.26 Å². The van der Waals surface area contributed by atoms with Crippen LogP contribution < -0.4 is 9.80 Å². The van der Waals surface area contributed by atoms with Crippen molar-refractivity contribution in [2.45, 2.75) is 102 Å². The molecule has 2 aliphatic heterocycles. The van der Waals surface area contributed by atoms with E-state index < -0.39 is 5.97 Å². The Bertz CT molecular complexity index is 1370. The van der Waals surface area contributed by atoms with E-state index in [1.54, 1.807) is 12.1 Å². The third-order valence-electron chi connectivity index (χ3n) is 10.1. The van der Waals surface area contributed by atoms with Gasteiger partial charge in [-0.3, -0.25) is 0 Å². The summed E-state index contributed by atoms with van der Waals surface area (Å²) in [5.41, 5.74) is 8.94. The molecule has 5 heteroatoms. The van der Waals surface area contributed by atoms with Gasteiger partial charge in [0, 0.05) is 36.5 Å². The Morgan fingerprint density at radius 2 is 1.21 bits per heavy atom. The minimum atomic E-state index is -1.20. The van der Waals surface area contributed by atoms with Gasteiger partial charge < -0.3 is 14.9 Å². The van der Waals surface area contributed by atoms with E-state index in [1.807, 2.05) is 6.08 Å². The molecule has 1 N–H and O–H groups in total. The maximum absolute atomic E-state index is 11.3. The van der Waals surface area contributed by atoms with Crippen molar-refractivity contribution in [2.24, 2.45) is 0 Å². The SMILES string of the molecule is N#C/C(=C\C=C\C=C(c1ccc2c(c1)CCCN2C1CCCCC1)c1ccc2c(c1)CCCN2C1CCCCC1)C(=O)O. The number of hydrogen-bond acceptors (Lipinski definition) is 4. The van der Waals surface area contributed by atoms with E-state index in [-0.39, 0.29) is 5.57 Å². The summed E-state index contributed by atoms with van der Waals surface area (Å²) in [4.78, 5) is 16.7. The summed E-state index contributed by atoms with van der Waals surface area (Å²) < 4.78 is 0. The molecule has 6 rings (SSSR count). The molecule has 0 spiro atoms. The van der Waals surface area contributed by atoms with E-state index in [9.17, 15) is 9.90 Å². The normalized spacial score (nSPS) is 19.9. The largest absolute Gasteiger partial charge is 0.477 e. The summed E-state index contributed by atoms with van der Waals surface area (Å²) in [5.74, 6) is -1.20. The Hall–Kier alpha value is -3.78. The van der Waals surface area contributed by atoms with Crippen molar-refractivity contribution in [3.8, 4) is 6.07 Å². The summed E-state index contributed by atoms with van der Waals surface area (Å²) in [6.45, 7) is 2.31. The van der Waals surface area contributed by atoms with Crippen LogP contribution in [0.4, 0.5) is 11.4 Å². The van der Waals surface area contributed by atoms with Crippen LogP contribution in [-0.4, -0.2) is 36.2 Å². The second kappa shape index (κ2) is 13.7. The molecule has 0 unspecified atom stereocenters. The van der Waals surface area contributed by atoms with Gasteiger partial charge in [0.15, 0.2) is 0 Å². The quantitative estimate of drug-likeness (QED) is 0.204. The number of carbonyl (C=O) groups is 1. The van der Waals surface area contributed by atoms with Gasteiger partial charge in [-0.25, -0.2) is 4.79 Å². The number of allylic oxidation sites excluding steroid dienone is 4. The number of hydrogen-bond donors (Lipinski definition) is 1. The van der Waals surface area contributed by atoms with Crippen molar-refractivity contribution < 1.29 is 9.90 Å². The lowest BCUT2D eigenvalue weighted by atomic mass is 9.87. The van der Waals surface area contributed by atoms with Gasteiger partial charge in [0.1, 0.15) is 11.6 Å². The van der Waals surface area contributed by atoms with Crippen LogP contribution in [0, 0.1) is 11.3 Å². The zero-order chi connectivity index (χ0) is 29.6. The van der Waals surface area contributed by atoms with Crippen LogP contribution in [0.1, 0.15) is 99.3 Å². The van der Waals surface area contributed by atoms with E-state index in [0.29, 0.717) is 12.1 Å². The number of carboxylic acids is 1. The Labute approximate surface area is 257 Å². The first-order valence-corrected chi connectivity index (χ1v) is 16.6. The van der Waals surface area contributed by atoms with E-state index in [0.717, 1.165) is 31.5 Å². The smallest absolute Gasteiger partial charge is 0.346 e. The lowest BCUT2D eigenvalue weighted by molar-refractivity contribution is -0.132. The molecule has 4 aliphatic rings. The van der Waals surface area contributed by atoms with Gasteiger partial charge in [-0.05, 0) is 110 Å². The summed E-state index contributed by atoms with van der Waals surface area (Å²) >= 11 is 0. The molecule has 0 saturated heterocycles. The summed E-state index contributed by atoms with van der Waals surface area (Å²) in [6, 6.07) is 17.1. The van der Waals surface area contributed by atoms with Crippen LogP contribution in [0.3, 0.4) is 0 Å². The number of nitrogens with zero attached hydrogens (tertiary/aromatic N) is 3. The van der Waals surface area contributed by atoms with Crippen molar-refractivity contribution in [3.05, 3.63) is 88.5 Å². The molecule has 0 aromatic heterocycles. The first-order valence-electron chi connectivity index (χ1n) is 16.6. The Balaban J connectivity index is 1.35. The molecule has 2 aromatic carbocycles. The highest BCUT2D eigenvalue weighted by Crippen LogP contribution is 2.39. The Morgan fingerprint density at radius 1 is 0.721 bits per heavy atom. The molecule has 2 saturated carbocycles. The Kier molecular flexibility index (Phi) is 9.32. The first-order chi connectivity index (χ1) is 21.1. The minimum absolute atomic E-state index is 0.264. The number of fused-ring (bicyclic) bond motifs is 2. The van der Waals surface area contributed by atoms with Crippen molar-refractivity contribution in [1.82, 2.24) is 0 Å². The third kappa shape index (κ3) is 6.59. The van der Waals surface area contributed by atoms with Gasteiger partial charge in [-0.1, -0.05) is 68.9 Å². The zero-order valence-corrected chi connectivity index (χ0v) is 25.4. The molecule has 0 radical (unpaired) electrons. The van der Waals surface area contributed by atoms with Crippen LogP contribution in [0.5, 0.6) is 0 Å². The highest BCUT2D eigenvalue weighted by Gasteiger charge is 2.28. The number of nitriles is 1. The van der Waals surface area contributed by atoms with E-state index in [2.05, 4.69) is 52.3 Å². The number of aliphatic carboxylic acids is 1. The molecule has 2 aromatic rings. The van der Waals surface area contributed by atoms with E-state index >= 15 is 0 Å². The van der Waals surface area contributed by atoms with Gasteiger partial charge in [0.25, 0.3) is 0 Å². The highest BCUT2D eigenvalue weighted by molar-refractivity contribution is 5.91. The van der Waals surface area contributed by atoms with Crippen LogP contribution in [0.2, 0.25) is 0 Å². The van der Waals surface area contributed by atoms with Crippen LogP contribution in [-0.2, 0) is 17.6 Å². The second-order valence-corrected chi connectivity index (χ2v) is 12.8. The number of anilines is 2. The topological polar surface area (TPSA) is 67.6 Å². The molecule has 224 valence electrons. The van der Waals surface area contributed by atoms with Crippen LogP contribution in [0.25, 0.3) is 5.57 Å². The zero-order valence-electron chi connectivity index (χ0n) is 25.4. The second-order valence-electron chi connectivity index (χ2n) is 12.8. The molecule has 43 heavy (non-hydrogen) atoms. The predicted molar refractivity (Wildman–Crippen MR) is 176 cm³/mol. The van der Waals surface area contributed by atoms with E-state index in [4.69, 9.17) is 5.26 Å². The predicted octanol–water partition coefficient (Wildman–Crippen LogP) is 8.38. The fraction of sp³-hybridized carbons (Fsp3) is 0.474. The fourth-order valence-corrected chi connectivity index (χ4v) is 7.95. The lowest BCUT2D eigenvalue weighted by Crippen LogP contribution is -2.40. The molecular weight excluding hydrogens is 530 g/mol. The standard InChI is InChI=1S/C38H45N3O2/c39-27-32(38(42)43)11-7-8-18-35(28-19-21-36-30(25-28)12-9-23-40(36)33-14-3-1-4-15-33)29-20-22-37-31(26-29)13-10-24-41(37)34-16-5-2-6-17-34/h7-8,11,18-22,25-26,33-34H,1-6,9-10,12-17,23-24H2,(H,42,43)/b8-7+,32-11+. The number of rotatable bonds is 7. The van der Waals surface area contributed by atoms with Crippen molar-refractivity contribution >= 4 is 22.9 Å². The van der Waals surface area contributed by atoms with Gasteiger partial charge in [0.05, 0.1) is 0 Å². The molecule has 0 bridgehead atoms. The molecular formula is C38H45N3O2. The number of benzene rings is 2. The average Bonchev–Trinajstić information content (AvgIpc) is 3.06. The summed E-state index contributed by atoms with van der Waals surface area (Å²) in [5, 5.41) is 18.4. The summed E-state index contributed by atoms with van der Waals surface area (Å²) in [6.07, 6.45) is 24.9. The molecule has 2 fully saturated rings. The monoisotopic (exact) mass is 575 g/mol. The van der Waals surface area contributed by atoms with E-state index in [1.165, 1.54) is 117 Å². The van der Waals surface area contributed by atoms with Gasteiger partial charge in [0.2, 0.25) is 0 Å². The van der Waals surface area contributed by atoms with Gasteiger partial charge in [-0.15, -0.1) is 0 Å². The number of carboxylic acid groups (broad SMARTS) is 1. The van der Waals surface area contributed by atoms with Crippen LogP contribution >= 0.6 is 0 Å². The van der Waals surface area contributed by atoms with Crippen molar-refractivity contribution in [3.63, 3.8) is 0 Å². The number of aryl methyl sites for hydroxylation is 2. The third-order valence-corrected chi connectivity index (χ3v) is 10.1. The maximum atomic E-state index is 11.3. The molecule has 2 heterocycles. The summed E-state index contributed by atoms with van der Waals surface area (Å²) in [7, 11) is 0. The van der Waals surface area contributed by atoms with Crippen molar-refractivity contribution in [1.29, 1.82) is 5.26 Å². The fourth-order valence-electron chi connectivity index (χ4n) is 7.95. The molecule has 0 atom stereocenters. The highest BCUT2D eigenvalue weighted by atomic mass is 16.4. The molecule has 2 aliphatic carbocycles. The average molecular weight is 576 g/mol. The lowest BCUT2D eigenvalue weighted by Gasteiger charge is -2.40. The van der Waals surface area contributed by atoms with Crippen LogP contribution in [0.15, 0.2) is 66.3 Å². The molecule has 5 nitrogen and oxygen atoms in total. The van der Waals surface area contributed by atoms with Crippen molar-refractivity contribution in [2.75, 3.05) is 22.9 Å². The first kappa shape index (κ1) is 29.3. The molecule has 0 amide bonds. The maximum Gasteiger partial charge on any atom is 0.346 e.